The minimum atomic E-state index is -0.360. The Balaban J connectivity index is 2.11. The van der Waals surface area contributed by atoms with Gasteiger partial charge in [-0.05, 0) is 24.3 Å². The van der Waals surface area contributed by atoms with Crippen LogP contribution in [0.3, 0.4) is 0 Å². The SMILES string of the molecule is COc1ccccc1OCc1ccc(F)cc1Cl. The lowest BCUT2D eigenvalue weighted by Crippen LogP contribution is -1.98. The van der Waals surface area contributed by atoms with Gasteiger partial charge in [0.15, 0.2) is 11.5 Å². The predicted molar refractivity (Wildman–Crippen MR) is 68.7 cm³/mol. The van der Waals surface area contributed by atoms with Crippen molar-refractivity contribution in [2.45, 2.75) is 6.61 Å². The van der Waals surface area contributed by atoms with Gasteiger partial charge in [-0.25, -0.2) is 4.39 Å². The summed E-state index contributed by atoms with van der Waals surface area (Å²) in [7, 11) is 1.58. The first-order valence-corrected chi connectivity index (χ1v) is 5.78. The van der Waals surface area contributed by atoms with Gasteiger partial charge >= 0.3 is 0 Å². The molecule has 2 aromatic rings. The molecule has 0 aliphatic rings. The van der Waals surface area contributed by atoms with Crippen molar-refractivity contribution >= 4 is 11.6 Å². The van der Waals surface area contributed by atoms with Crippen LogP contribution in [0.4, 0.5) is 4.39 Å². The maximum atomic E-state index is 12.9. The van der Waals surface area contributed by atoms with Crippen LogP contribution in [0.15, 0.2) is 42.5 Å². The van der Waals surface area contributed by atoms with Gasteiger partial charge in [-0.15, -0.1) is 0 Å². The zero-order chi connectivity index (χ0) is 13.0. The van der Waals surface area contributed by atoms with E-state index in [1.165, 1.54) is 12.1 Å². The minimum absolute atomic E-state index is 0.263. The van der Waals surface area contributed by atoms with Crippen LogP contribution in [0.25, 0.3) is 0 Å². The largest absolute Gasteiger partial charge is 0.493 e. The molecule has 0 unspecified atom stereocenters. The molecule has 0 atom stereocenters. The first-order valence-electron chi connectivity index (χ1n) is 5.40. The van der Waals surface area contributed by atoms with Gasteiger partial charge in [-0.1, -0.05) is 29.8 Å². The lowest BCUT2D eigenvalue weighted by atomic mass is 10.2. The van der Waals surface area contributed by atoms with Crippen molar-refractivity contribution < 1.29 is 13.9 Å². The fraction of sp³-hybridized carbons (Fsp3) is 0.143. The Morgan fingerprint density at radius 3 is 2.50 bits per heavy atom. The quantitative estimate of drug-likeness (QED) is 0.831. The molecule has 0 bridgehead atoms. The average molecular weight is 267 g/mol. The van der Waals surface area contributed by atoms with Gasteiger partial charge in [0, 0.05) is 5.56 Å². The van der Waals surface area contributed by atoms with Crippen LogP contribution in [0.2, 0.25) is 5.02 Å². The van der Waals surface area contributed by atoms with E-state index < -0.39 is 0 Å². The summed E-state index contributed by atoms with van der Waals surface area (Å²) >= 11 is 5.92. The second kappa shape index (κ2) is 5.74. The maximum absolute atomic E-state index is 12.9. The Labute approximate surface area is 110 Å². The molecule has 0 aromatic heterocycles. The van der Waals surface area contributed by atoms with E-state index in [0.717, 1.165) is 5.56 Å². The van der Waals surface area contributed by atoms with E-state index >= 15 is 0 Å². The summed E-state index contributed by atoms with van der Waals surface area (Å²) in [5, 5.41) is 0.352. The first kappa shape index (κ1) is 12.7. The van der Waals surface area contributed by atoms with Crippen LogP contribution in [-0.4, -0.2) is 7.11 Å². The Kier molecular flexibility index (Phi) is 4.05. The van der Waals surface area contributed by atoms with Crippen molar-refractivity contribution in [2.24, 2.45) is 0 Å². The van der Waals surface area contributed by atoms with E-state index in [1.54, 1.807) is 19.2 Å². The number of benzene rings is 2. The zero-order valence-electron chi connectivity index (χ0n) is 9.82. The van der Waals surface area contributed by atoms with E-state index in [9.17, 15) is 4.39 Å². The summed E-state index contributed by atoms with van der Waals surface area (Å²) in [6, 6.07) is 11.5. The van der Waals surface area contributed by atoms with E-state index in [0.29, 0.717) is 16.5 Å². The average Bonchev–Trinajstić information content (AvgIpc) is 2.38. The number of hydrogen-bond acceptors (Lipinski definition) is 2. The van der Waals surface area contributed by atoms with Crippen LogP contribution in [-0.2, 0) is 6.61 Å². The molecule has 0 fully saturated rings. The van der Waals surface area contributed by atoms with Crippen molar-refractivity contribution in [2.75, 3.05) is 7.11 Å². The van der Waals surface area contributed by atoms with Crippen molar-refractivity contribution in [1.29, 1.82) is 0 Å². The normalized spacial score (nSPS) is 10.2. The Bertz CT molecular complexity index is 543. The summed E-state index contributed by atoms with van der Waals surface area (Å²) in [5.41, 5.74) is 0.726. The smallest absolute Gasteiger partial charge is 0.161 e. The van der Waals surface area contributed by atoms with Crippen molar-refractivity contribution in [3.63, 3.8) is 0 Å². The highest BCUT2D eigenvalue weighted by atomic mass is 35.5. The topological polar surface area (TPSA) is 18.5 Å². The number of hydrogen-bond donors (Lipinski definition) is 0. The molecule has 0 aliphatic heterocycles. The lowest BCUT2D eigenvalue weighted by molar-refractivity contribution is 0.284. The Morgan fingerprint density at radius 1 is 1.11 bits per heavy atom. The third kappa shape index (κ3) is 2.93. The molecule has 0 aliphatic carbocycles. The molecule has 0 spiro atoms. The van der Waals surface area contributed by atoms with Crippen LogP contribution in [0.1, 0.15) is 5.56 Å². The van der Waals surface area contributed by atoms with Gasteiger partial charge in [0.05, 0.1) is 12.1 Å². The molecule has 0 radical (unpaired) electrons. The highest BCUT2D eigenvalue weighted by Crippen LogP contribution is 2.27. The molecule has 2 aromatic carbocycles. The molecule has 2 rings (SSSR count). The fourth-order valence-corrected chi connectivity index (χ4v) is 1.75. The molecule has 2 nitrogen and oxygen atoms in total. The van der Waals surface area contributed by atoms with Crippen LogP contribution in [0.5, 0.6) is 11.5 Å². The van der Waals surface area contributed by atoms with E-state index in [4.69, 9.17) is 21.1 Å². The Morgan fingerprint density at radius 2 is 1.83 bits per heavy atom. The maximum Gasteiger partial charge on any atom is 0.161 e. The molecule has 0 heterocycles. The monoisotopic (exact) mass is 266 g/mol. The van der Waals surface area contributed by atoms with Crippen LogP contribution < -0.4 is 9.47 Å². The zero-order valence-corrected chi connectivity index (χ0v) is 10.6. The van der Waals surface area contributed by atoms with Crippen LogP contribution in [0, 0.1) is 5.82 Å². The van der Waals surface area contributed by atoms with Gasteiger partial charge in [0.2, 0.25) is 0 Å². The molecule has 94 valence electrons. The minimum Gasteiger partial charge on any atom is -0.493 e. The molecular weight excluding hydrogens is 255 g/mol. The summed E-state index contributed by atoms with van der Waals surface area (Å²) in [4.78, 5) is 0. The van der Waals surface area contributed by atoms with Crippen molar-refractivity contribution in [3.8, 4) is 11.5 Å². The fourth-order valence-electron chi connectivity index (χ4n) is 1.53. The van der Waals surface area contributed by atoms with Crippen molar-refractivity contribution in [1.82, 2.24) is 0 Å². The highest BCUT2D eigenvalue weighted by Gasteiger charge is 2.06. The summed E-state index contributed by atoms with van der Waals surface area (Å²) < 4.78 is 23.7. The predicted octanol–water partition coefficient (Wildman–Crippen LogP) is 4.07. The van der Waals surface area contributed by atoms with Gasteiger partial charge in [0.25, 0.3) is 0 Å². The number of ether oxygens (including phenoxy) is 2. The first-order chi connectivity index (χ1) is 8.70. The molecule has 0 N–H and O–H groups in total. The number of para-hydroxylation sites is 2. The second-order valence-corrected chi connectivity index (χ2v) is 4.08. The molecule has 0 amide bonds. The standard InChI is InChI=1S/C14H12ClFO2/c1-17-13-4-2-3-5-14(13)18-9-10-6-7-11(16)8-12(10)15/h2-8H,9H2,1H3. The second-order valence-electron chi connectivity index (χ2n) is 3.68. The highest BCUT2D eigenvalue weighted by molar-refractivity contribution is 6.31. The number of halogens is 2. The van der Waals surface area contributed by atoms with Gasteiger partial charge in [0.1, 0.15) is 12.4 Å². The lowest BCUT2D eigenvalue weighted by Gasteiger charge is -2.11. The Hall–Kier alpha value is -1.74. The van der Waals surface area contributed by atoms with E-state index in [-0.39, 0.29) is 12.4 Å². The van der Waals surface area contributed by atoms with Gasteiger partial charge in [-0.2, -0.15) is 0 Å². The third-order valence-electron chi connectivity index (χ3n) is 2.47. The van der Waals surface area contributed by atoms with Crippen LogP contribution >= 0.6 is 11.6 Å². The van der Waals surface area contributed by atoms with E-state index in [2.05, 4.69) is 0 Å². The summed E-state index contributed by atoms with van der Waals surface area (Å²) in [6.07, 6.45) is 0. The molecule has 0 saturated heterocycles. The van der Waals surface area contributed by atoms with E-state index in [1.807, 2.05) is 18.2 Å². The molecule has 4 heteroatoms. The summed E-state index contributed by atoms with van der Waals surface area (Å²) in [5.74, 6) is 0.914. The van der Waals surface area contributed by atoms with Gasteiger partial charge < -0.3 is 9.47 Å². The number of methoxy groups -OCH3 is 1. The molecular formula is C14H12ClFO2. The molecule has 18 heavy (non-hydrogen) atoms. The van der Waals surface area contributed by atoms with Crippen molar-refractivity contribution in [3.05, 3.63) is 58.9 Å². The van der Waals surface area contributed by atoms with Gasteiger partial charge in [-0.3, -0.25) is 0 Å². The molecule has 0 saturated carbocycles. The summed E-state index contributed by atoms with van der Waals surface area (Å²) in [6.45, 7) is 0.263. The third-order valence-corrected chi connectivity index (χ3v) is 2.82. The number of rotatable bonds is 4.